The molecular formula is C73H125NO18. The summed E-state index contributed by atoms with van der Waals surface area (Å²) in [7, 11) is 0. The topological polar surface area (TPSA) is 307 Å². The molecular weight excluding hydrogens is 1180 g/mol. The van der Waals surface area contributed by atoms with Gasteiger partial charge in [-0.15, -0.1) is 0 Å². The molecule has 3 heterocycles. The van der Waals surface area contributed by atoms with Crippen LogP contribution in [0, 0.1) is 0 Å². The molecule has 3 aliphatic rings. The number of carbonyl (C=O) groups is 1. The van der Waals surface area contributed by atoms with Gasteiger partial charge in [0.1, 0.15) is 73.2 Å². The van der Waals surface area contributed by atoms with Crippen LogP contribution in [0.1, 0.15) is 226 Å². The molecule has 3 aliphatic heterocycles. The van der Waals surface area contributed by atoms with Crippen LogP contribution in [0.15, 0.2) is 97.2 Å². The quantitative estimate of drug-likeness (QED) is 0.0199. The summed E-state index contributed by atoms with van der Waals surface area (Å²) >= 11 is 0. The SMILES string of the molecule is CC/C=C\C/C=C\C/C=C\C/C=C\C/C=C\CCCCCCCCCCCCCCCC(=O)NC(COC1OC(CO)C(OC2OC(CO)C(OC3OC(CO)C(O)C(O)C3O)C(O)C2O)C(O)C1O)C(O)/C=C/CC/C=C/CC/C=C/CCCCCCCCCC. The second kappa shape index (κ2) is 53.8. The number of allylic oxidation sites excluding steroid dienone is 15. The van der Waals surface area contributed by atoms with Gasteiger partial charge in [-0.05, 0) is 89.9 Å². The zero-order valence-corrected chi connectivity index (χ0v) is 56.0. The van der Waals surface area contributed by atoms with E-state index >= 15 is 0 Å². The molecule has 3 saturated heterocycles. The smallest absolute Gasteiger partial charge is 0.220 e. The molecule has 0 aromatic rings. The van der Waals surface area contributed by atoms with Gasteiger partial charge in [0.25, 0.3) is 0 Å². The summed E-state index contributed by atoms with van der Waals surface area (Å²) < 4.78 is 34.3. The highest BCUT2D eigenvalue weighted by Crippen LogP contribution is 2.33. The Balaban J connectivity index is 1.42. The molecule has 19 nitrogen and oxygen atoms in total. The number of aliphatic hydroxyl groups excluding tert-OH is 11. The van der Waals surface area contributed by atoms with E-state index in [-0.39, 0.29) is 18.9 Å². The van der Waals surface area contributed by atoms with Gasteiger partial charge in [0.05, 0.1) is 38.6 Å². The van der Waals surface area contributed by atoms with Crippen LogP contribution in [0.5, 0.6) is 0 Å². The van der Waals surface area contributed by atoms with Crippen molar-refractivity contribution in [2.45, 2.75) is 330 Å². The van der Waals surface area contributed by atoms with Crippen LogP contribution in [0.3, 0.4) is 0 Å². The summed E-state index contributed by atoms with van der Waals surface area (Å²) in [5.41, 5.74) is 0. The molecule has 1 amide bonds. The zero-order chi connectivity index (χ0) is 66.8. The molecule has 0 aromatic carbocycles. The van der Waals surface area contributed by atoms with E-state index < -0.39 is 124 Å². The highest BCUT2D eigenvalue weighted by molar-refractivity contribution is 5.76. The van der Waals surface area contributed by atoms with E-state index in [2.05, 4.69) is 104 Å². The summed E-state index contributed by atoms with van der Waals surface area (Å²) in [6, 6.07) is -1.00. The zero-order valence-electron chi connectivity index (χ0n) is 56.0. The first-order valence-corrected chi connectivity index (χ1v) is 35.5. The van der Waals surface area contributed by atoms with E-state index in [1.54, 1.807) is 6.08 Å². The number of aliphatic hydroxyl groups is 11. The third-order valence-corrected chi connectivity index (χ3v) is 17.1. The van der Waals surface area contributed by atoms with Gasteiger partial charge in [0, 0.05) is 6.42 Å². The van der Waals surface area contributed by atoms with Gasteiger partial charge in [-0.3, -0.25) is 4.79 Å². The average Bonchev–Trinajstić information content (AvgIpc) is 0.834. The van der Waals surface area contributed by atoms with Crippen LogP contribution in [0.25, 0.3) is 0 Å². The largest absolute Gasteiger partial charge is 0.394 e. The highest BCUT2D eigenvalue weighted by Gasteiger charge is 2.53. The number of ether oxygens (including phenoxy) is 6. The summed E-state index contributed by atoms with van der Waals surface area (Å²) in [5, 5.41) is 121. The fraction of sp³-hybridized carbons (Fsp3) is 0.767. The summed E-state index contributed by atoms with van der Waals surface area (Å²) in [6.45, 7) is 1.58. The van der Waals surface area contributed by atoms with Gasteiger partial charge in [-0.2, -0.15) is 0 Å². The fourth-order valence-electron chi connectivity index (χ4n) is 11.4. The molecule has 92 heavy (non-hydrogen) atoms. The normalized spacial score (nSPS) is 28.3. The van der Waals surface area contributed by atoms with Crippen LogP contribution in [0.4, 0.5) is 0 Å². The van der Waals surface area contributed by atoms with Crippen molar-refractivity contribution in [3.05, 3.63) is 97.2 Å². The van der Waals surface area contributed by atoms with E-state index in [1.807, 2.05) is 6.08 Å². The maximum absolute atomic E-state index is 13.4. The minimum atomic E-state index is -1.99. The molecule has 17 unspecified atom stereocenters. The Hall–Kier alpha value is -3.29. The fourth-order valence-corrected chi connectivity index (χ4v) is 11.4. The molecule has 530 valence electrons. The Labute approximate surface area is 552 Å². The maximum Gasteiger partial charge on any atom is 0.220 e. The molecule has 0 saturated carbocycles. The molecule has 19 heteroatoms. The molecule has 0 aromatic heterocycles. The number of hydrogen-bond donors (Lipinski definition) is 12. The summed E-state index contributed by atoms with van der Waals surface area (Å²) in [5.74, 6) is -0.294. The number of carbonyl (C=O) groups excluding carboxylic acids is 1. The Morgan fingerprint density at radius 1 is 0.402 bits per heavy atom. The Kier molecular flexibility index (Phi) is 48.5. The van der Waals surface area contributed by atoms with E-state index in [9.17, 15) is 61.0 Å². The van der Waals surface area contributed by atoms with Crippen molar-refractivity contribution in [1.29, 1.82) is 0 Å². The first-order chi connectivity index (χ1) is 44.8. The van der Waals surface area contributed by atoms with Crippen molar-refractivity contribution in [3.8, 4) is 0 Å². The Morgan fingerprint density at radius 2 is 0.761 bits per heavy atom. The predicted octanol–water partition coefficient (Wildman–Crippen LogP) is 9.66. The minimum Gasteiger partial charge on any atom is -0.394 e. The van der Waals surface area contributed by atoms with E-state index in [4.69, 9.17) is 28.4 Å². The van der Waals surface area contributed by atoms with E-state index in [0.717, 1.165) is 89.9 Å². The van der Waals surface area contributed by atoms with Crippen molar-refractivity contribution in [2.24, 2.45) is 0 Å². The van der Waals surface area contributed by atoms with Gasteiger partial charge in [0.2, 0.25) is 5.91 Å². The van der Waals surface area contributed by atoms with Gasteiger partial charge in [-0.1, -0.05) is 227 Å². The molecule has 0 spiro atoms. The second-order valence-electron chi connectivity index (χ2n) is 24.9. The number of unbranched alkanes of at least 4 members (excludes halogenated alkanes) is 23. The predicted molar refractivity (Wildman–Crippen MR) is 360 cm³/mol. The third kappa shape index (κ3) is 35.1. The van der Waals surface area contributed by atoms with Crippen LogP contribution in [-0.2, 0) is 33.2 Å². The Bertz CT molecular complexity index is 2040. The minimum absolute atomic E-state index is 0.225. The van der Waals surface area contributed by atoms with Crippen molar-refractivity contribution < 1.29 is 89.4 Å². The van der Waals surface area contributed by atoms with Gasteiger partial charge >= 0.3 is 0 Å². The lowest BCUT2D eigenvalue weighted by Crippen LogP contribution is -2.66. The molecule has 0 radical (unpaired) electrons. The lowest BCUT2D eigenvalue weighted by molar-refractivity contribution is -0.379. The molecule has 0 aliphatic carbocycles. The van der Waals surface area contributed by atoms with Crippen molar-refractivity contribution in [2.75, 3.05) is 26.4 Å². The molecule has 3 rings (SSSR count). The molecule has 17 atom stereocenters. The maximum atomic E-state index is 13.4. The van der Waals surface area contributed by atoms with Crippen molar-refractivity contribution in [3.63, 3.8) is 0 Å². The molecule has 0 bridgehead atoms. The van der Waals surface area contributed by atoms with Crippen molar-refractivity contribution in [1.82, 2.24) is 5.32 Å². The number of hydrogen-bond acceptors (Lipinski definition) is 18. The Morgan fingerprint density at radius 3 is 1.22 bits per heavy atom. The van der Waals surface area contributed by atoms with Crippen LogP contribution in [-0.4, -0.2) is 193 Å². The van der Waals surface area contributed by atoms with Gasteiger partial charge < -0.3 is 89.9 Å². The van der Waals surface area contributed by atoms with Gasteiger partial charge in [-0.25, -0.2) is 0 Å². The molecule has 3 fully saturated rings. The molecule has 12 N–H and O–H groups in total. The standard InChI is InChI=1S/C73H125NO18/c1-3-5-7-9-11-13-15-17-19-21-23-24-25-26-27-28-29-30-31-32-33-35-37-39-41-43-45-47-49-51-61(79)74-56(57(78)50-48-46-44-42-40-38-36-34-22-20-18-16-14-12-10-8-6-4-2)55-87-71-67(85)64(82)69(59(53-76)89-71)92-73-68(86)65(83)70(60(54-77)90-73)91-72-66(84)63(81)62(80)58(52-75)88-72/h5,7,11,13,17,19,22-24,26-27,34,40,42,48,50,56-60,62-73,75-78,80-86H,3-4,6,8-10,12,14-16,18,20-21,25,28-33,35-39,41,43-47,49,51-55H2,1-2H3,(H,74,79)/b7-5-,13-11-,19-17-,24-23-,27-26-,34-22+,42-40+,50-48+. The number of amides is 1. The van der Waals surface area contributed by atoms with E-state index in [1.165, 1.54) is 103 Å². The highest BCUT2D eigenvalue weighted by atomic mass is 16.8. The summed E-state index contributed by atoms with van der Waals surface area (Å²) in [6.07, 6.45) is 43.8. The van der Waals surface area contributed by atoms with Crippen LogP contribution in [0.2, 0.25) is 0 Å². The third-order valence-electron chi connectivity index (χ3n) is 17.1. The average molecular weight is 1300 g/mol. The first-order valence-electron chi connectivity index (χ1n) is 35.5. The first kappa shape index (κ1) is 82.9. The number of nitrogens with one attached hydrogen (secondary N) is 1. The second-order valence-corrected chi connectivity index (χ2v) is 24.9. The van der Waals surface area contributed by atoms with Crippen molar-refractivity contribution >= 4 is 5.91 Å². The van der Waals surface area contributed by atoms with Crippen LogP contribution < -0.4 is 5.32 Å². The van der Waals surface area contributed by atoms with Crippen LogP contribution >= 0.6 is 0 Å². The lowest BCUT2D eigenvalue weighted by atomic mass is 9.96. The summed E-state index contributed by atoms with van der Waals surface area (Å²) in [4.78, 5) is 13.4. The van der Waals surface area contributed by atoms with E-state index in [0.29, 0.717) is 12.8 Å². The monoisotopic (exact) mass is 1300 g/mol. The number of rotatable bonds is 53. The van der Waals surface area contributed by atoms with Gasteiger partial charge in [0.15, 0.2) is 18.9 Å². The lowest BCUT2D eigenvalue weighted by Gasteiger charge is -2.48.